The highest BCUT2D eigenvalue weighted by Gasteiger charge is 2.14. The van der Waals surface area contributed by atoms with Crippen molar-refractivity contribution in [1.82, 2.24) is 20.4 Å². The molecule has 0 saturated heterocycles. The molecule has 5 nitrogen and oxygen atoms in total. The number of carbonyl (C=O) groups excluding carboxylic acids is 1. The molecule has 1 unspecified atom stereocenters. The van der Waals surface area contributed by atoms with Crippen LogP contribution in [0.2, 0.25) is 0 Å². The summed E-state index contributed by atoms with van der Waals surface area (Å²) in [6.07, 6.45) is 0.923. The van der Waals surface area contributed by atoms with Crippen LogP contribution in [0.5, 0.6) is 0 Å². The number of likely N-dealkylation sites (N-methyl/N-ethyl adjacent to an activating group) is 1. The first-order valence-corrected chi connectivity index (χ1v) is 9.52. The zero-order valence-electron chi connectivity index (χ0n) is 16.7. The lowest BCUT2D eigenvalue weighted by molar-refractivity contribution is 0.231. The highest BCUT2D eigenvalue weighted by Crippen LogP contribution is 2.16. The van der Waals surface area contributed by atoms with E-state index in [-0.39, 0.29) is 12.1 Å². The van der Waals surface area contributed by atoms with Crippen molar-refractivity contribution in [3.8, 4) is 0 Å². The normalized spacial score (nSPS) is 12.2. The summed E-state index contributed by atoms with van der Waals surface area (Å²) >= 11 is 0. The van der Waals surface area contributed by atoms with E-state index >= 15 is 0 Å². The molecular formula is C22H32N4O. The van der Waals surface area contributed by atoms with Crippen molar-refractivity contribution >= 4 is 6.03 Å². The summed E-state index contributed by atoms with van der Waals surface area (Å²) in [7, 11) is 6.16. The van der Waals surface area contributed by atoms with Crippen molar-refractivity contribution in [1.29, 1.82) is 0 Å². The Labute approximate surface area is 163 Å². The molecule has 2 N–H and O–H groups in total. The maximum Gasteiger partial charge on any atom is 0.314 e. The molecular weight excluding hydrogens is 336 g/mol. The largest absolute Gasteiger partial charge is 0.338 e. The van der Waals surface area contributed by atoms with Gasteiger partial charge in [0.1, 0.15) is 0 Å². The Morgan fingerprint density at radius 3 is 2.19 bits per heavy atom. The smallest absolute Gasteiger partial charge is 0.314 e. The monoisotopic (exact) mass is 368 g/mol. The summed E-state index contributed by atoms with van der Waals surface area (Å²) in [5, 5.41) is 5.94. The van der Waals surface area contributed by atoms with Crippen LogP contribution in [0, 0.1) is 0 Å². The quantitative estimate of drug-likeness (QED) is 0.634. The van der Waals surface area contributed by atoms with Gasteiger partial charge in [-0.15, -0.1) is 0 Å². The molecule has 0 aliphatic heterocycles. The van der Waals surface area contributed by atoms with E-state index in [4.69, 9.17) is 0 Å². The van der Waals surface area contributed by atoms with Gasteiger partial charge < -0.3 is 20.4 Å². The van der Waals surface area contributed by atoms with Gasteiger partial charge in [0.15, 0.2) is 0 Å². The topological polar surface area (TPSA) is 47.6 Å². The summed E-state index contributed by atoms with van der Waals surface area (Å²) in [5.74, 6) is 0. The summed E-state index contributed by atoms with van der Waals surface area (Å²) in [6.45, 7) is 3.12. The molecule has 0 heterocycles. The average Bonchev–Trinajstić information content (AvgIpc) is 2.67. The van der Waals surface area contributed by atoms with Crippen LogP contribution in [-0.4, -0.2) is 56.6 Å². The minimum absolute atomic E-state index is 0.108. The fourth-order valence-electron chi connectivity index (χ4n) is 3.05. The second-order valence-electron chi connectivity index (χ2n) is 7.10. The van der Waals surface area contributed by atoms with E-state index in [9.17, 15) is 4.79 Å². The fourth-order valence-corrected chi connectivity index (χ4v) is 3.05. The third-order valence-electron chi connectivity index (χ3n) is 4.56. The molecule has 1 atom stereocenters. The molecule has 0 fully saturated rings. The average molecular weight is 369 g/mol. The van der Waals surface area contributed by atoms with Crippen LogP contribution in [0.25, 0.3) is 0 Å². The molecule has 146 valence electrons. The number of amides is 2. The van der Waals surface area contributed by atoms with Gasteiger partial charge in [0.25, 0.3) is 0 Å². The van der Waals surface area contributed by atoms with Gasteiger partial charge in [-0.2, -0.15) is 0 Å². The predicted octanol–water partition coefficient (Wildman–Crippen LogP) is 3.11. The number of hydrogen-bond acceptors (Lipinski definition) is 3. The minimum Gasteiger partial charge on any atom is -0.338 e. The van der Waals surface area contributed by atoms with Crippen molar-refractivity contribution in [3.05, 3.63) is 71.8 Å². The molecule has 27 heavy (non-hydrogen) atoms. The third-order valence-corrected chi connectivity index (χ3v) is 4.56. The van der Waals surface area contributed by atoms with Gasteiger partial charge in [-0.05, 0) is 45.2 Å². The molecule has 0 aliphatic rings. The highest BCUT2D eigenvalue weighted by molar-refractivity contribution is 5.73. The Morgan fingerprint density at radius 1 is 0.926 bits per heavy atom. The zero-order chi connectivity index (χ0) is 19.5. The minimum atomic E-state index is -0.108. The molecule has 0 radical (unpaired) electrons. The second kappa shape index (κ2) is 11.4. The maximum atomic E-state index is 12.1. The van der Waals surface area contributed by atoms with Crippen molar-refractivity contribution < 1.29 is 4.79 Å². The molecule has 2 aromatic rings. The Hall–Kier alpha value is -2.37. The number of urea groups is 1. The van der Waals surface area contributed by atoms with Gasteiger partial charge >= 0.3 is 6.03 Å². The van der Waals surface area contributed by atoms with Gasteiger partial charge in [0, 0.05) is 19.6 Å². The first-order valence-electron chi connectivity index (χ1n) is 9.52. The fraction of sp³-hybridized carbons (Fsp3) is 0.409. The van der Waals surface area contributed by atoms with E-state index in [0.29, 0.717) is 13.1 Å². The molecule has 0 aromatic heterocycles. The standard InChI is InChI=1S/C22H32N4O/c1-25(2)21(20-13-8-5-9-14-20)17-24-22(27)23-15-10-16-26(3)18-19-11-6-4-7-12-19/h4-9,11-14,21H,10,15-18H2,1-3H3,(H2,23,24,27). The second-order valence-corrected chi connectivity index (χ2v) is 7.10. The van der Waals surface area contributed by atoms with Crippen LogP contribution in [0.4, 0.5) is 4.79 Å². The maximum absolute atomic E-state index is 12.1. The number of benzene rings is 2. The lowest BCUT2D eigenvalue weighted by atomic mass is 10.1. The van der Waals surface area contributed by atoms with E-state index in [1.54, 1.807) is 0 Å². The summed E-state index contributed by atoms with van der Waals surface area (Å²) in [4.78, 5) is 16.5. The Bertz CT molecular complexity index is 661. The number of nitrogens with zero attached hydrogens (tertiary/aromatic N) is 2. The molecule has 0 bridgehead atoms. The molecule has 5 heteroatoms. The van der Waals surface area contributed by atoms with Crippen LogP contribution >= 0.6 is 0 Å². The van der Waals surface area contributed by atoms with Gasteiger partial charge in [-0.25, -0.2) is 4.79 Å². The van der Waals surface area contributed by atoms with Crippen LogP contribution in [-0.2, 0) is 6.54 Å². The van der Waals surface area contributed by atoms with E-state index in [1.165, 1.54) is 11.1 Å². The Kier molecular flexibility index (Phi) is 8.81. The first-order chi connectivity index (χ1) is 13.1. The summed E-state index contributed by atoms with van der Waals surface area (Å²) in [5.41, 5.74) is 2.51. The predicted molar refractivity (Wildman–Crippen MR) is 112 cm³/mol. The Morgan fingerprint density at radius 2 is 1.56 bits per heavy atom. The Balaban J connectivity index is 1.64. The van der Waals surface area contributed by atoms with Crippen LogP contribution in [0.15, 0.2) is 60.7 Å². The van der Waals surface area contributed by atoms with E-state index < -0.39 is 0 Å². The van der Waals surface area contributed by atoms with Crippen molar-refractivity contribution in [2.75, 3.05) is 40.8 Å². The molecule has 0 aliphatic carbocycles. The lowest BCUT2D eigenvalue weighted by Gasteiger charge is -2.25. The molecule has 0 saturated carbocycles. The molecule has 2 rings (SSSR count). The highest BCUT2D eigenvalue weighted by atomic mass is 16.2. The van der Waals surface area contributed by atoms with Gasteiger partial charge in [-0.1, -0.05) is 60.7 Å². The van der Waals surface area contributed by atoms with Crippen molar-refractivity contribution in [2.24, 2.45) is 0 Å². The molecule has 2 aromatic carbocycles. The number of carbonyl (C=O) groups is 1. The van der Waals surface area contributed by atoms with E-state index in [1.807, 2.05) is 38.4 Å². The van der Waals surface area contributed by atoms with Crippen LogP contribution in [0.1, 0.15) is 23.6 Å². The molecule has 2 amide bonds. The number of rotatable bonds is 10. The van der Waals surface area contributed by atoms with E-state index in [0.717, 1.165) is 19.5 Å². The summed E-state index contributed by atoms with van der Waals surface area (Å²) < 4.78 is 0. The van der Waals surface area contributed by atoms with Crippen LogP contribution in [0.3, 0.4) is 0 Å². The van der Waals surface area contributed by atoms with Crippen LogP contribution < -0.4 is 10.6 Å². The number of nitrogens with one attached hydrogen (secondary N) is 2. The van der Waals surface area contributed by atoms with Crippen molar-refractivity contribution in [2.45, 2.75) is 19.0 Å². The zero-order valence-corrected chi connectivity index (χ0v) is 16.7. The first kappa shape index (κ1) is 20.9. The van der Waals surface area contributed by atoms with Gasteiger partial charge in [0.05, 0.1) is 6.04 Å². The third kappa shape index (κ3) is 7.81. The SMILES string of the molecule is CN(CCCNC(=O)NCC(c1ccccc1)N(C)C)Cc1ccccc1. The molecule has 0 spiro atoms. The lowest BCUT2D eigenvalue weighted by Crippen LogP contribution is -2.41. The van der Waals surface area contributed by atoms with Gasteiger partial charge in [0.2, 0.25) is 0 Å². The van der Waals surface area contributed by atoms with Crippen molar-refractivity contribution in [3.63, 3.8) is 0 Å². The van der Waals surface area contributed by atoms with Gasteiger partial charge in [-0.3, -0.25) is 0 Å². The van der Waals surface area contributed by atoms with E-state index in [2.05, 4.69) is 63.9 Å². The number of hydrogen-bond donors (Lipinski definition) is 2. The summed E-state index contributed by atoms with van der Waals surface area (Å²) in [6, 6.07) is 20.7.